The van der Waals surface area contributed by atoms with Crippen molar-refractivity contribution in [1.82, 2.24) is 10.2 Å². The summed E-state index contributed by atoms with van der Waals surface area (Å²) in [5.41, 5.74) is -0.0906. The number of nitrogens with one attached hydrogen (secondary N) is 1. The lowest BCUT2D eigenvalue weighted by Gasteiger charge is -2.14. The highest BCUT2D eigenvalue weighted by Crippen LogP contribution is 2.23. The van der Waals surface area contributed by atoms with E-state index in [1.165, 1.54) is 4.90 Å². The van der Waals surface area contributed by atoms with Gasteiger partial charge in [-0.2, -0.15) is 0 Å². The molecule has 0 saturated carbocycles. The van der Waals surface area contributed by atoms with E-state index in [0.29, 0.717) is 5.76 Å². The Morgan fingerprint density at radius 3 is 2.63 bits per heavy atom. The molecule has 0 bridgehead atoms. The molecular weight excluding hydrogens is 244 g/mol. The summed E-state index contributed by atoms with van der Waals surface area (Å²) >= 11 is 0. The minimum atomic E-state index is -0.844. The Morgan fingerprint density at radius 2 is 2.00 bits per heavy atom. The highest BCUT2D eigenvalue weighted by atomic mass is 16.3. The van der Waals surface area contributed by atoms with Crippen LogP contribution in [-0.4, -0.2) is 22.4 Å². The van der Waals surface area contributed by atoms with Gasteiger partial charge in [0, 0.05) is 5.39 Å². The third-order valence-electron chi connectivity index (χ3n) is 3.23. The van der Waals surface area contributed by atoms with Crippen LogP contribution in [0.1, 0.15) is 19.6 Å². The lowest BCUT2D eigenvalue weighted by atomic mass is 10.1. The first-order valence-corrected chi connectivity index (χ1v) is 6.09. The van der Waals surface area contributed by atoms with Crippen molar-refractivity contribution >= 4 is 22.9 Å². The van der Waals surface area contributed by atoms with Crippen molar-refractivity contribution in [2.45, 2.75) is 25.9 Å². The Balaban J connectivity index is 1.89. The minimum absolute atomic E-state index is 0.156. The summed E-state index contributed by atoms with van der Waals surface area (Å²) in [6, 6.07) is 9.05. The Bertz CT molecular complexity index is 639. The fourth-order valence-electron chi connectivity index (χ4n) is 2.23. The fourth-order valence-corrected chi connectivity index (χ4v) is 2.23. The summed E-state index contributed by atoms with van der Waals surface area (Å²) in [5, 5.41) is 3.60. The molecule has 5 heteroatoms. The molecule has 0 atom stereocenters. The van der Waals surface area contributed by atoms with Crippen LogP contribution in [0.25, 0.3) is 11.0 Å². The van der Waals surface area contributed by atoms with Gasteiger partial charge in [-0.3, -0.25) is 9.69 Å². The molecule has 19 heavy (non-hydrogen) atoms. The van der Waals surface area contributed by atoms with Crippen molar-refractivity contribution in [1.29, 1.82) is 0 Å². The molecule has 0 radical (unpaired) electrons. The number of fused-ring (bicyclic) bond motifs is 1. The van der Waals surface area contributed by atoms with Crippen LogP contribution in [0.2, 0.25) is 0 Å². The first-order valence-electron chi connectivity index (χ1n) is 6.09. The second-order valence-electron chi connectivity index (χ2n) is 5.20. The predicted octanol–water partition coefficient (Wildman–Crippen LogP) is 2.26. The van der Waals surface area contributed by atoms with Crippen molar-refractivity contribution in [3.05, 3.63) is 36.1 Å². The van der Waals surface area contributed by atoms with Gasteiger partial charge in [0.2, 0.25) is 0 Å². The van der Waals surface area contributed by atoms with E-state index < -0.39 is 5.54 Å². The van der Waals surface area contributed by atoms with Crippen molar-refractivity contribution in [2.75, 3.05) is 0 Å². The summed E-state index contributed by atoms with van der Waals surface area (Å²) in [5.74, 6) is 0.361. The van der Waals surface area contributed by atoms with Gasteiger partial charge >= 0.3 is 6.03 Å². The predicted molar refractivity (Wildman–Crippen MR) is 69.4 cm³/mol. The molecule has 0 spiro atoms. The van der Waals surface area contributed by atoms with Gasteiger partial charge in [0.15, 0.2) is 0 Å². The average Bonchev–Trinajstić information content (AvgIpc) is 2.83. The average molecular weight is 258 g/mol. The molecule has 1 saturated heterocycles. The number of imide groups is 1. The number of carbonyl (C=O) groups excluding carboxylic acids is 2. The first-order chi connectivity index (χ1) is 8.97. The van der Waals surface area contributed by atoms with Crippen LogP contribution >= 0.6 is 0 Å². The first kappa shape index (κ1) is 11.8. The maximum absolute atomic E-state index is 12.1. The van der Waals surface area contributed by atoms with Gasteiger partial charge in [-0.1, -0.05) is 18.2 Å². The van der Waals surface area contributed by atoms with E-state index >= 15 is 0 Å². The lowest BCUT2D eigenvalue weighted by Crippen LogP contribution is -2.40. The number of nitrogens with zero attached hydrogens (tertiary/aromatic N) is 1. The van der Waals surface area contributed by atoms with Crippen LogP contribution < -0.4 is 5.32 Å². The number of amides is 3. The standard InChI is InChI=1S/C14H14N2O3/c1-14(2)12(17)16(13(18)15-14)8-10-7-9-5-3-4-6-11(9)19-10/h3-7H,8H2,1-2H3,(H,15,18). The molecule has 0 unspecified atom stereocenters. The molecule has 1 N–H and O–H groups in total. The van der Waals surface area contributed by atoms with E-state index in [1.54, 1.807) is 13.8 Å². The molecule has 1 aromatic heterocycles. The van der Waals surface area contributed by atoms with Crippen molar-refractivity contribution in [3.8, 4) is 0 Å². The third-order valence-corrected chi connectivity index (χ3v) is 3.23. The van der Waals surface area contributed by atoms with Crippen molar-refractivity contribution < 1.29 is 14.0 Å². The number of rotatable bonds is 2. The topological polar surface area (TPSA) is 62.6 Å². The second-order valence-corrected chi connectivity index (χ2v) is 5.20. The van der Waals surface area contributed by atoms with E-state index in [9.17, 15) is 9.59 Å². The van der Waals surface area contributed by atoms with Gasteiger partial charge in [0.05, 0.1) is 6.54 Å². The van der Waals surface area contributed by atoms with Gasteiger partial charge in [-0.25, -0.2) is 4.79 Å². The van der Waals surface area contributed by atoms with E-state index in [4.69, 9.17) is 4.42 Å². The fraction of sp³-hybridized carbons (Fsp3) is 0.286. The number of urea groups is 1. The maximum Gasteiger partial charge on any atom is 0.325 e. The molecule has 2 heterocycles. The van der Waals surface area contributed by atoms with Gasteiger partial charge in [0.1, 0.15) is 16.9 Å². The Morgan fingerprint density at radius 1 is 1.26 bits per heavy atom. The maximum atomic E-state index is 12.1. The molecule has 5 nitrogen and oxygen atoms in total. The largest absolute Gasteiger partial charge is 0.459 e. The summed E-state index contributed by atoms with van der Waals surface area (Å²) in [4.78, 5) is 25.0. The number of furan rings is 1. The monoisotopic (exact) mass is 258 g/mol. The van der Waals surface area contributed by atoms with E-state index in [1.807, 2.05) is 30.3 Å². The van der Waals surface area contributed by atoms with Crippen LogP contribution in [0.5, 0.6) is 0 Å². The normalized spacial score (nSPS) is 18.1. The van der Waals surface area contributed by atoms with Gasteiger partial charge < -0.3 is 9.73 Å². The second kappa shape index (κ2) is 3.85. The summed E-state index contributed by atoms with van der Waals surface area (Å²) < 4.78 is 5.62. The Labute approximate surface area is 110 Å². The molecular formula is C14H14N2O3. The van der Waals surface area contributed by atoms with Gasteiger partial charge in [-0.05, 0) is 26.0 Å². The number of benzene rings is 1. The SMILES string of the molecule is CC1(C)NC(=O)N(Cc2cc3ccccc3o2)C1=O. The van der Waals surface area contributed by atoms with Crippen LogP contribution in [0, 0.1) is 0 Å². The summed E-state index contributed by atoms with van der Waals surface area (Å²) in [6.45, 7) is 3.53. The van der Waals surface area contributed by atoms with Gasteiger partial charge in [0.25, 0.3) is 5.91 Å². The zero-order chi connectivity index (χ0) is 13.6. The number of carbonyl (C=O) groups is 2. The molecule has 1 aromatic carbocycles. The van der Waals surface area contributed by atoms with E-state index in [2.05, 4.69) is 5.32 Å². The van der Waals surface area contributed by atoms with E-state index in [0.717, 1.165) is 11.0 Å². The lowest BCUT2D eigenvalue weighted by molar-refractivity contribution is -0.130. The number of hydrogen-bond donors (Lipinski definition) is 1. The highest BCUT2D eigenvalue weighted by Gasteiger charge is 2.44. The molecule has 3 rings (SSSR count). The van der Waals surface area contributed by atoms with Crippen molar-refractivity contribution in [3.63, 3.8) is 0 Å². The molecule has 1 fully saturated rings. The molecule has 3 amide bonds. The van der Waals surface area contributed by atoms with Crippen LogP contribution in [0.4, 0.5) is 4.79 Å². The van der Waals surface area contributed by atoms with Crippen molar-refractivity contribution in [2.24, 2.45) is 0 Å². The zero-order valence-corrected chi connectivity index (χ0v) is 10.8. The number of hydrogen-bond acceptors (Lipinski definition) is 3. The Hall–Kier alpha value is -2.30. The quantitative estimate of drug-likeness (QED) is 0.840. The minimum Gasteiger partial charge on any atom is -0.459 e. The molecule has 0 aliphatic carbocycles. The van der Waals surface area contributed by atoms with E-state index in [-0.39, 0.29) is 18.5 Å². The summed E-state index contributed by atoms with van der Waals surface area (Å²) in [6.07, 6.45) is 0. The van der Waals surface area contributed by atoms with Crippen LogP contribution in [0.15, 0.2) is 34.7 Å². The molecule has 2 aromatic rings. The summed E-state index contributed by atoms with van der Waals surface area (Å²) in [7, 11) is 0. The Kier molecular flexibility index (Phi) is 2.38. The molecule has 98 valence electrons. The zero-order valence-electron chi connectivity index (χ0n) is 10.8. The third kappa shape index (κ3) is 1.87. The van der Waals surface area contributed by atoms with Gasteiger partial charge in [-0.15, -0.1) is 0 Å². The van der Waals surface area contributed by atoms with Crippen LogP contribution in [0.3, 0.4) is 0 Å². The van der Waals surface area contributed by atoms with Crippen LogP contribution in [-0.2, 0) is 11.3 Å². The number of para-hydroxylation sites is 1. The molecule has 1 aliphatic rings. The smallest absolute Gasteiger partial charge is 0.325 e. The highest BCUT2D eigenvalue weighted by molar-refractivity contribution is 6.06. The molecule has 1 aliphatic heterocycles.